The Morgan fingerprint density at radius 2 is 1.81 bits per heavy atom. The van der Waals surface area contributed by atoms with Crippen molar-refractivity contribution in [3.8, 4) is 11.5 Å². The Hall–Kier alpha value is -2.77. The minimum atomic E-state index is -0.821. The van der Waals surface area contributed by atoms with E-state index in [1.165, 1.54) is 19.1 Å². The average molecular weight is 364 g/mol. The smallest absolute Gasteiger partial charge is 0.306 e. The highest BCUT2D eigenvalue weighted by Gasteiger charge is 2.27. The molecule has 0 unspecified atom stereocenters. The van der Waals surface area contributed by atoms with Crippen LogP contribution in [0.3, 0.4) is 0 Å². The number of carbonyl (C=O) groups excluding carboxylic acids is 2. The molecular formula is C18H24N2O6. The molecule has 2 amide bonds. The summed E-state index contributed by atoms with van der Waals surface area (Å²) in [5.41, 5.74) is 0. The maximum absolute atomic E-state index is 12.3. The number of nitrogens with zero attached hydrogens (tertiary/aromatic N) is 2. The number of hydrogen-bond acceptors (Lipinski definition) is 5. The summed E-state index contributed by atoms with van der Waals surface area (Å²) in [7, 11) is 3.05. The molecule has 1 aliphatic rings. The van der Waals surface area contributed by atoms with Crippen molar-refractivity contribution in [2.24, 2.45) is 5.92 Å². The van der Waals surface area contributed by atoms with Crippen molar-refractivity contribution in [3.05, 3.63) is 24.3 Å². The largest absolute Gasteiger partial charge is 0.493 e. The number of hydrogen-bond donors (Lipinski definition) is 1. The lowest BCUT2D eigenvalue weighted by molar-refractivity contribution is -0.146. The molecule has 1 fully saturated rings. The lowest BCUT2D eigenvalue weighted by atomic mass is 9.97. The Labute approximate surface area is 152 Å². The summed E-state index contributed by atoms with van der Waals surface area (Å²) in [5.74, 6) is -0.753. The zero-order valence-electron chi connectivity index (χ0n) is 15.0. The molecule has 8 nitrogen and oxygen atoms in total. The number of ether oxygens (including phenoxy) is 2. The minimum absolute atomic E-state index is 0.0636. The SMILES string of the molecule is COc1ccccc1OCC(=O)N(C)CC(=O)N1CCC(C(=O)O)CC1. The molecule has 1 saturated heterocycles. The van der Waals surface area contributed by atoms with E-state index in [0.29, 0.717) is 37.4 Å². The van der Waals surface area contributed by atoms with Crippen molar-refractivity contribution in [2.45, 2.75) is 12.8 Å². The maximum atomic E-state index is 12.3. The predicted octanol–water partition coefficient (Wildman–Crippen LogP) is 0.856. The first kappa shape index (κ1) is 19.6. The number of aliphatic carboxylic acids is 1. The maximum Gasteiger partial charge on any atom is 0.306 e. The van der Waals surface area contributed by atoms with Gasteiger partial charge in [0.1, 0.15) is 0 Å². The van der Waals surface area contributed by atoms with Crippen molar-refractivity contribution in [2.75, 3.05) is 40.4 Å². The van der Waals surface area contributed by atoms with Crippen LogP contribution in [0.1, 0.15) is 12.8 Å². The van der Waals surface area contributed by atoms with Gasteiger partial charge in [-0.3, -0.25) is 14.4 Å². The number of carboxylic acid groups (broad SMARTS) is 1. The van der Waals surface area contributed by atoms with Gasteiger partial charge in [0.15, 0.2) is 18.1 Å². The fourth-order valence-corrected chi connectivity index (χ4v) is 2.75. The number of rotatable bonds is 7. The number of amides is 2. The Morgan fingerprint density at radius 1 is 1.19 bits per heavy atom. The molecule has 2 rings (SSSR count). The number of carbonyl (C=O) groups is 3. The summed E-state index contributed by atoms with van der Waals surface area (Å²) in [4.78, 5) is 38.3. The van der Waals surface area contributed by atoms with Crippen LogP contribution in [0.25, 0.3) is 0 Å². The van der Waals surface area contributed by atoms with Crippen molar-refractivity contribution >= 4 is 17.8 Å². The second kappa shape index (κ2) is 9.07. The third kappa shape index (κ3) is 5.11. The van der Waals surface area contributed by atoms with Crippen molar-refractivity contribution in [1.82, 2.24) is 9.80 Å². The molecule has 0 aliphatic carbocycles. The molecule has 1 N–H and O–H groups in total. The highest BCUT2D eigenvalue weighted by molar-refractivity contribution is 5.85. The van der Waals surface area contributed by atoms with Crippen LogP contribution in [0.4, 0.5) is 0 Å². The monoisotopic (exact) mass is 364 g/mol. The zero-order valence-corrected chi connectivity index (χ0v) is 15.0. The number of para-hydroxylation sites is 2. The van der Waals surface area contributed by atoms with Gasteiger partial charge in [-0.25, -0.2) is 0 Å². The molecule has 1 aliphatic heterocycles. The third-order valence-electron chi connectivity index (χ3n) is 4.42. The van der Waals surface area contributed by atoms with Gasteiger partial charge in [0.05, 0.1) is 19.6 Å². The number of methoxy groups -OCH3 is 1. The number of benzene rings is 1. The Morgan fingerprint density at radius 3 is 2.38 bits per heavy atom. The topological polar surface area (TPSA) is 96.4 Å². The first-order valence-electron chi connectivity index (χ1n) is 8.42. The van der Waals surface area contributed by atoms with Gasteiger partial charge in [-0.1, -0.05) is 12.1 Å². The Balaban J connectivity index is 1.79. The third-order valence-corrected chi connectivity index (χ3v) is 4.42. The van der Waals surface area contributed by atoms with Crippen LogP contribution in [-0.4, -0.2) is 73.1 Å². The summed E-state index contributed by atoms with van der Waals surface area (Å²) >= 11 is 0. The van der Waals surface area contributed by atoms with Crippen molar-refractivity contribution in [3.63, 3.8) is 0 Å². The van der Waals surface area contributed by atoms with E-state index in [1.807, 2.05) is 0 Å². The van der Waals surface area contributed by atoms with E-state index in [4.69, 9.17) is 14.6 Å². The summed E-state index contributed by atoms with van der Waals surface area (Å²) in [6.07, 6.45) is 0.880. The van der Waals surface area contributed by atoms with Crippen LogP contribution < -0.4 is 9.47 Å². The van der Waals surface area contributed by atoms with E-state index >= 15 is 0 Å². The second-order valence-corrected chi connectivity index (χ2v) is 6.18. The highest BCUT2D eigenvalue weighted by atomic mass is 16.5. The van der Waals surface area contributed by atoms with E-state index in [2.05, 4.69) is 0 Å². The normalized spacial score (nSPS) is 14.6. The standard InChI is InChI=1S/C18H24N2O6/c1-19(11-16(21)20-9-7-13(8-10-20)18(23)24)17(22)12-26-15-6-4-3-5-14(15)25-2/h3-6,13H,7-12H2,1-2H3,(H,23,24). The van der Waals surface area contributed by atoms with Crippen LogP contribution in [0.5, 0.6) is 11.5 Å². The quantitative estimate of drug-likeness (QED) is 0.771. The molecule has 142 valence electrons. The van der Waals surface area contributed by atoms with E-state index in [0.717, 1.165) is 0 Å². The van der Waals surface area contributed by atoms with Gasteiger partial charge in [-0.15, -0.1) is 0 Å². The molecule has 26 heavy (non-hydrogen) atoms. The summed E-state index contributed by atoms with van der Waals surface area (Å²) in [6.45, 7) is 0.530. The number of carboxylic acids is 1. The molecular weight excluding hydrogens is 340 g/mol. The van der Waals surface area contributed by atoms with Gasteiger partial charge >= 0.3 is 5.97 Å². The number of piperidine rings is 1. The van der Waals surface area contributed by atoms with Crippen molar-refractivity contribution < 1.29 is 29.0 Å². The van der Waals surface area contributed by atoms with Gasteiger partial charge in [0.25, 0.3) is 5.91 Å². The first-order chi connectivity index (χ1) is 12.4. The molecule has 0 aromatic heterocycles. The second-order valence-electron chi connectivity index (χ2n) is 6.18. The molecule has 8 heteroatoms. The first-order valence-corrected chi connectivity index (χ1v) is 8.42. The van der Waals surface area contributed by atoms with E-state index in [1.54, 1.807) is 29.2 Å². The lowest BCUT2D eigenvalue weighted by Crippen LogP contribution is -2.46. The van der Waals surface area contributed by atoms with E-state index < -0.39 is 11.9 Å². The van der Waals surface area contributed by atoms with E-state index in [-0.39, 0.29) is 25.0 Å². The summed E-state index contributed by atoms with van der Waals surface area (Å²) in [5, 5.41) is 8.99. The molecule has 0 saturated carbocycles. The average Bonchev–Trinajstić information content (AvgIpc) is 2.66. The van der Waals surface area contributed by atoms with Crippen LogP contribution in [0, 0.1) is 5.92 Å². The number of likely N-dealkylation sites (N-methyl/N-ethyl adjacent to an activating group) is 1. The van der Waals surface area contributed by atoms with Gasteiger partial charge in [0.2, 0.25) is 5.91 Å². The van der Waals surface area contributed by atoms with E-state index in [9.17, 15) is 14.4 Å². The van der Waals surface area contributed by atoms with Crippen LogP contribution >= 0.6 is 0 Å². The highest BCUT2D eigenvalue weighted by Crippen LogP contribution is 2.25. The zero-order chi connectivity index (χ0) is 19.1. The summed E-state index contributed by atoms with van der Waals surface area (Å²) in [6, 6.07) is 7.00. The fourth-order valence-electron chi connectivity index (χ4n) is 2.75. The van der Waals surface area contributed by atoms with Gasteiger partial charge < -0.3 is 24.4 Å². The fraction of sp³-hybridized carbons (Fsp3) is 0.500. The van der Waals surface area contributed by atoms with Gasteiger partial charge in [-0.2, -0.15) is 0 Å². The Kier molecular flexibility index (Phi) is 6.82. The van der Waals surface area contributed by atoms with Crippen LogP contribution in [-0.2, 0) is 14.4 Å². The van der Waals surface area contributed by atoms with Crippen LogP contribution in [0.15, 0.2) is 24.3 Å². The Bertz CT molecular complexity index is 655. The molecule has 0 bridgehead atoms. The molecule has 1 aromatic carbocycles. The lowest BCUT2D eigenvalue weighted by Gasteiger charge is -2.31. The van der Waals surface area contributed by atoms with Gasteiger partial charge in [-0.05, 0) is 25.0 Å². The van der Waals surface area contributed by atoms with Crippen LogP contribution in [0.2, 0.25) is 0 Å². The number of likely N-dealkylation sites (tertiary alicyclic amines) is 1. The molecule has 0 atom stereocenters. The minimum Gasteiger partial charge on any atom is -0.493 e. The molecule has 0 radical (unpaired) electrons. The molecule has 1 aromatic rings. The van der Waals surface area contributed by atoms with Crippen molar-refractivity contribution in [1.29, 1.82) is 0 Å². The predicted molar refractivity (Wildman–Crippen MR) is 93.1 cm³/mol. The molecule has 1 heterocycles. The summed E-state index contributed by atoms with van der Waals surface area (Å²) < 4.78 is 10.6. The molecule has 0 spiro atoms. The van der Waals surface area contributed by atoms with Gasteiger partial charge in [0, 0.05) is 20.1 Å².